The van der Waals surface area contributed by atoms with Gasteiger partial charge in [-0.2, -0.15) is 0 Å². The van der Waals surface area contributed by atoms with E-state index >= 15 is 0 Å². The molecular formula is C32H35FN4O2. The fourth-order valence-electron chi connectivity index (χ4n) is 6.82. The van der Waals surface area contributed by atoms with Gasteiger partial charge in [0.2, 0.25) is 11.8 Å². The predicted octanol–water partition coefficient (Wildman–Crippen LogP) is 5.36. The van der Waals surface area contributed by atoms with Crippen molar-refractivity contribution in [2.75, 3.05) is 18.5 Å². The van der Waals surface area contributed by atoms with Crippen LogP contribution in [-0.2, 0) is 27.8 Å². The molecule has 1 unspecified atom stereocenters. The van der Waals surface area contributed by atoms with E-state index in [1.165, 1.54) is 11.1 Å². The van der Waals surface area contributed by atoms with E-state index in [0.29, 0.717) is 31.1 Å². The van der Waals surface area contributed by atoms with Gasteiger partial charge in [0, 0.05) is 36.6 Å². The number of rotatable bonds is 6. The number of pyridine rings is 2. The van der Waals surface area contributed by atoms with Gasteiger partial charge in [0.15, 0.2) is 0 Å². The Balaban J connectivity index is 1.24. The SMILES string of the molecule is CC1CC=CC2=C1[C@H](N(C/C=C/c1cnc3c(c1)C[C@@]1(C3)C(=O)Nc3ncccc31)C(=O)C(C)(C)CF)CC2. The van der Waals surface area contributed by atoms with Crippen LogP contribution in [0, 0.1) is 11.3 Å². The van der Waals surface area contributed by atoms with Crippen LogP contribution in [0.15, 0.2) is 60.0 Å². The van der Waals surface area contributed by atoms with Crippen molar-refractivity contribution in [3.63, 3.8) is 0 Å². The molecule has 0 saturated heterocycles. The lowest BCUT2D eigenvalue weighted by Gasteiger charge is -2.37. The van der Waals surface area contributed by atoms with Crippen LogP contribution in [0.3, 0.4) is 0 Å². The number of alkyl halides is 1. The Bertz CT molecular complexity index is 1440. The van der Waals surface area contributed by atoms with Crippen molar-refractivity contribution in [2.24, 2.45) is 11.3 Å². The Morgan fingerprint density at radius 3 is 2.97 bits per heavy atom. The summed E-state index contributed by atoms with van der Waals surface area (Å²) in [7, 11) is 0. The topological polar surface area (TPSA) is 75.2 Å². The lowest BCUT2D eigenvalue weighted by atomic mass is 9.80. The van der Waals surface area contributed by atoms with Gasteiger partial charge in [-0.05, 0) is 79.9 Å². The van der Waals surface area contributed by atoms with E-state index in [9.17, 15) is 14.0 Å². The lowest BCUT2D eigenvalue weighted by molar-refractivity contribution is -0.142. The minimum absolute atomic E-state index is 0.00418. The van der Waals surface area contributed by atoms with Crippen LogP contribution < -0.4 is 5.32 Å². The van der Waals surface area contributed by atoms with Crippen molar-refractivity contribution in [3.8, 4) is 0 Å². The third-order valence-corrected chi connectivity index (χ3v) is 8.95. The zero-order chi connectivity index (χ0) is 27.4. The van der Waals surface area contributed by atoms with Gasteiger partial charge in [0.05, 0.1) is 16.9 Å². The molecule has 3 aliphatic carbocycles. The third kappa shape index (κ3) is 4.23. The smallest absolute Gasteiger partial charge is 0.237 e. The average molecular weight is 527 g/mol. The molecule has 1 spiro atoms. The monoisotopic (exact) mass is 526 g/mol. The summed E-state index contributed by atoms with van der Waals surface area (Å²) in [5.74, 6) is 0.854. The number of nitrogens with one attached hydrogen (secondary N) is 1. The molecule has 7 heteroatoms. The van der Waals surface area contributed by atoms with Crippen molar-refractivity contribution in [3.05, 3.63) is 82.4 Å². The summed E-state index contributed by atoms with van der Waals surface area (Å²) < 4.78 is 13.9. The Labute approximate surface area is 229 Å². The highest BCUT2D eigenvalue weighted by Gasteiger charge is 2.51. The van der Waals surface area contributed by atoms with Crippen molar-refractivity contribution in [1.82, 2.24) is 14.9 Å². The molecule has 202 valence electrons. The molecule has 0 saturated carbocycles. The average Bonchev–Trinajstić information content (AvgIpc) is 3.61. The van der Waals surface area contributed by atoms with Crippen molar-refractivity contribution < 1.29 is 14.0 Å². The van der Waals surface area contributed by atoms with Gasteiger partial charge in [-0.3, -0.25) is 14.6 Å². The maximum absolute atomic E-state index is 13.9. The van der Waals surface area contributed by atoms with Gasteiger partial charge in [0.25, 0.3) is 0 Å². The summed E-state index contributed by atoms with van der Waals surface area (Å²) in [5.41, 5.74) is 4.81. The number of nitrogens with zero attached hydrogens (tertiary/aromatic N) is 3. The van der Waals surface area contributed by atoms with Gasteiger partial charge in [-0.15, -0.1) is 0 Å². The second-order valence-electron chi connectivity index (χ2n) is 12.1. The van der Waals surface area contributed by atoms with E-state index in [1.807, 2.05) is 35.4 Å². The molecule has 4 aliphatic rings. The standard InChI is InChI=1S/C32H35FN4O2/c1-20-7-4-9-22-11-12-26(27(20)22)37(30(39)31(2,3)19-33)14-6-8-21-15-23-16-32(17-25(23)35-18-21)24-10-5-13-34-28(24)36-29(32)38/h4-6,8-10,13,15,18,20,26H,7,11-12,14,16-17,19H2,1-3H3,(H,34,36,38)/b8-6+/t20?,26-,32+/m1/s1. The Morgan fingerprint density at radius 2 is 2.15 bits per heavy atom. The van der Waals surface area contributed by atoms with Crippen molar-refractivity contribution in [1.29, 1.82) is 0 Å². The Hall–Kier alpha value is -3.61. The molecule has 1 N–H and O–H groups in total. The van der Waals surface area contributed by atoms with E-state index in [-0.39, 0.29) is 17.9 Å². The zero-order valence-corrected chi connectivity index (χ0v) is 22.8. The lowest BCUT2D eigenvalue weighted by Crippen LogP contribution is -2.48. The fourth-order valence-corrected chi connectivity index (χ4v) is 6.82. The van der Waals surface area contributed by atoms with Gasteiger partial charge >= 0.3 is 0 Å². The summed E-state index contributed by atoms with van der Waals surface area (Å²) in [6, 6.07) is 5.94. The first kappa shape index (κ1) is 25.7. The zero-order valence-electron chi connectivity index (χ0n) is 22.8. The summed E-state index contributed by atoms with van der Waals surface area (Å²) in [5, 5.41) is 2.94. The summed E-state index contributed by atoms with van der Waals surface area (Å²) in [4.78, 5) is 37.5. The first-order valence-corrected chi connectivity index (χ1v) is 13.9. The molecule has 6 nitrogen and oxygen atoms in total. The number of aromatic nitrogens is 2. The van der Waals surface area contributed by atoms with Crippen LogP contribution in [0.2, 0.25) is 0 Å². The number of carbonyl (C=O) groups is 2. The molecule has 0 aromatic carbocycles. The minimum atomic E-state index is -1.07. The van der Waals surface area contributed by atoms with Crippen molar-refractivity contribution >= 4 is 23.7 Å². The molecule has 3 atom stereocenters. The highest BCUT2D eigenvalue weighted by Crippen LogP contribution is 2.46. The number of hydrogen-bond acceptors (Lipinski definition) is 4. The number of amides is 2. The van der Waals surface area contributed by atoms with E-state index in [1.54, 1.807) is 20.0 Å². The van der Waals surface area contributed by atoms with E-state index in [4.69, 9.17) is 4.98 Å². The second kappa shape index (κ2) is 9.54. The second-order valence-corrected chi connectivity index (χ2v) is 12.1. The number of hydrogen-bond donors (Lipinski definition) is 1. The molecule has 6 rings (SSSR count). The molecule has 0 bridgehead atoms. The van der Waals surface area contributed by atoms with Crippen LogP contribution in [0.4, 0.5) is 10.2 Å². The molecule has 2 amide bonds. The molecule has 39 heavy (non-hydrogen) atoms. The maximum Gasteiger partial charge on any atom is 0.237 e. The number of halogens is 1. The van der Waals surface area contributed by atoms with Crippen LogP contribution >= 0.6 is 0 Å². The van der Waals surface area contributed by atoms with Gasteiger partial charge in [-0.1, -0.05) is 37.3 Å². The maximum atomic E-state index is 13.9. The Morgan fingerprint density at radius 1 is 1.31 bits per heavy atom. The summed E-state index contributed by atoms with van der Waals surface area (Å²) >= 11 is 0. The number of anilines is 1. The largest absolute Gasteiger partial charge is 0.332 e. The summed E-state index contributed by atoms with van der Waals surface area (Å²) in [6.07, 6.45) is 15.9. The quantitative estimate of drug-likeness (QED) is 0.550. The van der Waals surface area contributed by atoms with Crippen LogP contribution in [0.1, 0.15) is 62.4 Å². The van der Waals surface area contributed by atoms with E-state index < -0.39 is 17.5 Å². The number of carbonyl (C=O) groups excluding carboxylic acids is 2. The fraction of sp³-hybridized carbons (Fsp3) is 0.438. The molecule has 2 aromatic rings. The normalized spacial score (nSPS) is 25.3. The summed E-state index contributed by atoms with van der Waals surface area (Å²) in [6.45, 7) is 5.31. The molecule has 3 heterocycles. The van der Waals surface area contributed by atoms with Crippen LogP contribution in [0.25, 0.3) is 6.08 Å². The Kier molecular flexibility index (Phi) is 6.28. The molecular weight excluding hydrogens is 491 g/mol. The number of fused-ring (bicyclic) bond motifs is 3. The van der Waals surface area contributed by atoms with Crippen molar-refractivity contribution in [2.45, 2.75) is 64.3 Å². The first-order valence-electron chi connectivity index (χ1n) is 13.9. The molecule has 0 fully saturated rings. The third-order valence-electron chi connectivity index (χ3n) is 8.95. The van der Waals surface area contributed by atoms with Gasteiger partial charge in [0.1, 0.15) is 12.5 Å². The van der Waals surface area contributed by atoms with E-state index in [0.717, 1.165) is 41.6 Å². The minimum Gasteiger partial charge on any atom is -0.332 e. The molecule has 2 aromatic heterocycles. The van der Waals surface area contributed by atoms with E-state index in [2.05, 4.69) is 35.4 Å². The molecule has 0 radical (unpaired) electrons. The predicted molar refractivity (Wildman–Crippen MR) is 150 cm³/mol. The van der Waals surface area contributed by atoms with Crippen LogP contribution in [0.5, 0.6) is 0 Å². The van der Waals surface area contributed by atoms with Gasteiger partial charge < -0.3 is 10.2 Å². The van der Waals surface area contributed by atoms with Crippen LogP contribution in [-0.4, -0.2) is 45.9 Å². The van der Waals surface area contributed by atoms with Gasteiger partial charge in [-0.25, -0.2) is 9.37 Å². The molecule has 1 aliphatic heterocycles. The highest BCUT2D eigenvalue weighted by atomic mass is 19.1. The highest BCUT2D eigenvalue weighted by molar-refractivity contribution is 6.06. The number of allylic oxidation sites excluding steroid dienone is 3. The first-order chi connectivity index (χ1) is 18.7.